The molecule has 0 radical (unpaired) electrons. The first-order chi connectivity index (χ1) is 15.6. The number of hydrogen-bond donors (Lipinski definition) is 2. The summed E-state index contributed by atoms with van der Waals surface area (Å²) >= 11 is 0. The predicted molar refractivity (Wildman–Crippen MR) is 122 cm³/mol. The standard InChI is InChI=1S/C23H27N7O2/c1-32-20(24)16-7-4-8-17(25-16)21-26-18-9-10-19(27-22(18)28-21)30-13-5-6-15(14-30)23(31)29-11-2-3-12-29/h4,7-10,15,24H,2-3,5-6,11-14H2,1H3,(H,26,27,28)/t15-/m1/s1. The summed E-state index contributed by atoms with van der Waals surface area (Å²) in [6, 6.07) is 9.34. The van der Waals surface area contributed by atoms with Crippen LogP contribution in [0.3, 0.4) is 0 Å². The highest BCUT2D eigenvalue weighted by Gasteiger charge is 2.31. The van der Waals surface area contributed by atoms with Crippen molar-refractivity contribution < 1.29 is 9.53 Å². The number of imidazole rings is 1. The van der Waals surface area contributed by atoms with Gasteiger partial charge in [0.15, 0.2) is 11.5 Å². The van der Waals surface area contributed by atoms with Gasteiger partial charge in [0, 0.05) is 26.2 Å². The predicted octanol–water partition coefficient (Wildman–Crippen LogP) is 2.83. The van der Waals surface area contributed by atoms with Gasteiger partial charge in [-0.05, 0) is 49.9 Å². The van der Waals surface area contributed by atoms with Gasteiger partial charge in [0.2, 0.25) is 11.8 Å². The number of aromatic amines is 1. The molecule has 9 heteroatoms. The van der Waals surface area contributed by atoms with Gasteiger partial charge < -0.3 is 19.5 Å². The molecule has 2 aliphatic heterocycles. The molecule has 0 unspecified atom stereocenters. The molecule has 2 N–H and O–H groups in total. The molecule has 3 aromatic rings. The van der Waals surface area contributed by atoms with E-state index in [9.17, 15) is 4.79 Å². The van der Waals surface area contributed by atoms with Gasteiger partial charge in [0.25, 0.3) is 0 Å². The molecule has 5 rings (SSSR count). The summed E-state index contributed by atoms with van der Waals surface area (Å²) in [4.78, 5) is 34.2. The highest BCUT2D eigenvalue weighted by atomic mass is 16.5. The number of nitrogens with one attached hydrogen (secondary N) is 2. The Morgan fingerprint density at radius 3 is 2.75 bits per heavy atom. The summed E-state index contributed by atoms with van der Waals surface area (Å²) in [5, 5.41) is 7.83. The van der Waals surface area contributed by atoms with E-state index in [0.717, 1.165) is 56.7 Å². The number of carbonyl (C=O) groups is 1. The number of fused-ring (bicyclic) bond motifs is 1. The Balaban J connectivity index is 1.37. The van der Waals surface area contributed by atoms with Crippen molar-refractivity contribution in [1.82, 2.24) is 24.8 Å². The number of carbonyl (C=O) groups excluding carboxylic acids is 1. The van der Waals surface area contributed by atoms with Gasteiger partial charge in [0.1, 0.15) is 17.2 Å². The maximum Gasteiger partial charge on any atom is 0.232 e. The third kappa shape index (κ3) is 3.90. The molecule has 1 amide bonds. The monoisotopic (exact) mass is 433 g/mol. The topological polar surface area (TPSA) is 111 Å². The SMILES string of the molecule is COC(=N)c1cccc(-c2nc3nc(N4CCC[C@@H](C(=O)N5CCCC5)C4)ccc3[nH]2)n1. The number of ether oxygens (including phenoxy) is 1. The minimum absolute atomic E-state index is 0.00602. The summed E-state index contributed by atoms with van der Waals surface area (Å²) in [7, 11) is 1.45. The lowest BCUT2D eigenvalue weighted by atomic mass is 9.96. The molecular formula is C23H27N7O2. The number of methoxy groups -OCH3 is 1. The molecule has 2 saturated heterocycles. The second kappa shape index (κ2) is 8.57. The third-order valence-electron chi connectivity index (χ3n) is 6.27. The van der Waals surface area contributed by atoms with Crippen molar-refractivity contribution in [3.8, 4) is 11.5 Å². The van der Waals surface area contributed by atoms with Crippen molar-refractivity contribution in [2.24, 2.45) is 5.92 Å². The van der Waals surface area contributed by atoms with Gasteiger partial charge in [-0.25, -0.2) is 15.0 Å². The minimum atomic E-state index is 0.00602. The molecule has 32 heavy (non-hydrogen) atoms. The van der Waals surface area contributed by atoms with Gasteiger partial charge in [-0.1, -0.05) is 6.07 Å². The lowest BCUT2D eigenvalue weighted by molar-refractivity contribution is -0.134. The van der Waals surface area contributed by atoms with E-state index in [1.165, 1.54) is 7.11 Å². The van der Waals surface area contributed by atoms with Crippen LogP contribution in [0.15, 0.2) is 30.3 Å². The highest BCUT2D eigenvalue weighted by Crippen LogP contribution is 2.26. The van der Waals surface area contributed by atoms with Crippen LogP contribution >= 0.6 is 0 Å². The van der Waals surface area contributed by atoms with Gasteiger partial charge in [-0.2, -0.15) is 0 Å². The Kier molecular flexibility index (Phi) is 5.46. The number of hydrogen-bond acceptors (Lipinski definition) is 7. The largest absolute Gasteiger partial charge is 0.480 e. The molecule has 0 spiro atoms. The lowest BCUT2D eigenvalue weighted by Crippen LogP contribution is -2.44. The zero-order chi connectivity index (χ0) is 22.1. The fraction of sp³-hybridized carbons (Fsp3) is 0.435. The van der Waals surface area contributed by atoms with E-state index in [0.29, 0.717) is 35.3 Å². The first kappa shape index (κ1) is 20.4. The van der Waals surface area contributed by atoms with E-state index in [4.69, 9.17) is 15.1 Å². The summed E-state index contributed by atoms with van der Waals surface area (Å²) in [6.07, 6.45) is 4.16. The van der Waals surface area contributed by atoms with Crippen molar-refractivity contribution >= 4 is 28.8 Å². The molecule has 2 aliphatic rings. The number of anilines is 1. The van der Waals surface area contributed by atoms with Crippen LogP contribution in [0.4, 0.5) is 5.82 Å². The van der Waals surface area contributed by atoms with E-state index < -0.39 is 0 Å². The van der Waals surface area contributed by atoms with E-state index >= 15 is 0 Å². The van der Waals surface area contributed by atoms with Gasteiger partial charge >= 0.3 is 0 Å². The van der Waals surface area contributed by atoms with Crippen LogP contribution in [0, 0.1) is 11.3 Å². The van der Waals surface area contributed by atoms with Gasteiger partial charge in [-0.15, -0.1) is 0 Å². The zero-order valence-corrected chi connectivity index (χ0v) is 18.2. The zero-order valence-electron chi connectivity index (χ0n) is 18.2. The molecular weight excluding hydrogens is 406 g/mol. The fourth-order valence-corrected chi connectivity index (χ4v) is 4.56. The molecule has 1 atom stereocenters. The first-order valence-corrected chi connectivity index (χ1v) is 11.1. The van der Waals surface area contributed by atoms with Crippen LogP contribution in [0.2, 0.25) is 0 Å². The number of rotatable bonds is 4. The molecule has 0 saturated carbocycles. The summed E-state index contributed by atoms with van der Waals surface area (Å²) in [6.45, 7) is 3.39. The van der Waals surface area contributed by atoms with E-state index in [2.05, 4.69) is 19.9 Å². The number of aromatic nitrogens is 4. The second-order valence-electron chi connectivity index (χ2n) is 8.38. The third-order valence-corrected chi connectivity index (χ3v) is 6.27. The molecule has 0 aromatic carbocycles. The molecule has 3 aromatic heterocycles. The Morgan fingerprint density at radius 2 is 1.94 bits per heavy atom. The lowest BCUT2D eigenvalue weighted by Gasteiger charge is -2.34. The number of pyridine rings is 2. The van der Waals surface area contributed by atoms with Crippen LogP contribution < -0.4 is 4.90 Å². The Morgan fingerprint density at radius 1 is 1.09 bits per heavy atom. The summed E-state index contributed by atoms with van der Waals surface area (Å²) in [5.41, 5.74) is 2.50. The number of amides is 1. The van der Waals surface area contributed by atoms with Gasteiger partial charge in [0.05, 0.1) is 18.5 Å². The maximum absolute atomic E-state index is 12.9. The Hall–Kier alpha value is -3.49. The summed E-state index contributed by atoms with van der Waals surface area (Å²) in [5.74, 6) is 1.78. The van der Waals surface area contributed by atoms with Crippen LogP contribution in [-0.2, 0) is 9.53 Å². The Bertz CT molecular complexity index is 1150. The fourth-order valence-electron chi connectivity index (χ4n) is 4.56. The van der Waals surface area contributed by atoms with Crippen molar-refractivity contribution in [1.29, 1.82) is 5.41 Å². The van der Waals surface area contributed by atoms with Crippen LogP contribution in [0.1, 0.15) is 31.4 Å². The van der Waals surface area contributed by atoms with Crippen LogP contribution in [0.5, 0.6) is 0 Å². The van der Waals surface area contributed by atoms with Gasteiger partial charge in [-0.3, -0.25) is 10.2 Å². The average Bonchev–Trinajstić information content (AvgIpc) is 3.53. The number of likely N-dealkylation sites (tertiary alicyclic amines) is 1. The maximum atomic E-state index is 12.9. The quantitative estimate of drug-likeness (QED) is 0.483. The molecule has 166 valence electrons. The highest BCUT2D eigenvalue weighted by molar-refractivity contribution is 5.90. The van der Waals surface area contributed by atoms with E-state index in [-0.39, 0.29) is 11.8 Å². The van der Waals surface area contributed by atoms with Crippen LogP contribution in [-0.4, -0.2) is 69.9 Å². The minimum Gasteiger partial charge on any atom is -0.480 e. The van der Waals surface area contributed by atoms with Crippen LogP contribution in [0.25, 0.3) is 22.7 Å². The average molecular weight is 434 g/mol. The van der Waals surface area contributed by atoms with Crippen molar-refractivity contribution in [2.75, 3.05) is 38.2 Å². The molecule has 5 heterocycles. The Labute approximate surface area is 186 Å². The van der Waals surface area contributed by atoms with E-state index in [1.54, 1.807) is 6.07 Å². The summed E-state index contributed by atoms with van der Waals surface area (Å²) < 4.78 is 4.97. The normalized spacial score (nSPS) is 18.8. The first-order valence-electron chi connectivity index (χ1n) is 11.1. The number of piperidine rings is 1. The van der Waals surface area contributed by atoms with E-state index in [1.807, 2.05) is 29.2 Å². The molecule has 9 nitrogen and oxygen atoms in total. The number of nitrogens with zero attached hydrogens (tertiary/aromatic N) is 5. The molecule has 0 aliphatic carbocycles. The number of H-pyrrole nitrogens is 1. The second-order valence-corrected chi connectivity index (χ2v) is 8.38. The smallest absolute Gasteiger partial charge is 0.232 e. The molecule has 0 bridgehead atoms. The molecule has 2 fully saturated rings. The van der Waals surface area contributed by atoms with Crippen molar-refractivity contribution in [2.45, 2.75) is 25.7 Å². The van der Waals surface area contributed by atoms with Crippen molar-refractivity contribution in [3.05, 3.63) is 36.0 Å². The van der Waals surface area contributed by atoms with Crippen molar-refractivity contribution in [3.63, 3.8) is 0 Å².